The summed E-state index contributed by atoms with van der Waals surface area (Å²) in [7, 11) is 0. The van der Waals surface area contributed by atoms with Crippen molar-refractivity contribution >= 4 is 22.8 Å². The smallest absolute Gasteiger partial charge is 0.247 e. The second-order valence-corrected chi connectivity index (χ2v) is 8.17. The molecule has 7 nitrogen and oxygen atoms in total. The molecule has 1 saturated heterocycles. The van der Waals surface area contributed by atoms with Crippen molar-refractivity contribution < 1.29 is 14.3 Å². The van der Waals surface area contributed by atoms with Gasteiger partial charge in [-0.05, 0) is 24.6 Å². The molecule has 1 fully saturated rings. The number of fused-ring (bicyclic) bond motifs is 3. The van der Waals surface area contributed by atoms with Crippen molar-refractivity contribution in [2.75, 3.05) is 26.3 Å². The molecule has 0 saturated carbocycles. The molecule has 2 aliphatic heterocycles. The number of amides is 2. The van der Waals surface area contributed by atoms with Gasteiger partial charge in [0.25, 0.3) is 0 Å². The molecule has 0 bridgehead atoms. The van der Waals surface area contributed by atoms with E-state index in [0.29, 0.717) is 32.8 Å². The van der Waals surface area contributed by atoms with Crippen LogP contribution >= 0.6 is 0 Å². The van der Waals surface area contributed by atoms with Crippen LogP contribution < -0.4 is 0 Å². The molecule has 160 valence electrons. The average Bonchev–Trinajstić information content (AvgIpc) is 3.20. The summed E-state index contributed by atoms with van der Waals surface area (Å²) in [5, 5.41) is 0. The fraction of sp³-hybridized carbons (Fsp3) is 0.375. The summed E-state index contributed by atoms with van der Waals surface area (Å²) in [5.74, 6) is 0.782. The first kappa shape index (κ1) is 19.8. The van der Waals surface area contributed by atoms with E-state index in [1.54, 1.807) is 4.90 Å². The normalized spacial score (nSPS) is 21.4. The Morgan fingerprint density at radius 1 is 1.06 bits per heavy atom. The molecule has 5 rings (SSSR count). The number of hydrogen-bond donors (Lipinski definition) is 0. The van der Waals surface area contributed by atoms with E-state index >= 15 is 0 Å². The second kappa shape index (κ2) is 8.15. The number of ether oxygens (including phenoxy) is 1. The van der Waals surface area contributed by atoms with Crippen molar-refractivity contribution in [3.63, 3.8) is 0 Å². The SMILES string of the molecule is C[C@H]1c2nc3ccccc3n2[C@H](CC(=O)N2CCOCC2)C(=O)N1Cc1ccccc1. The van der Waals surface area contributed by atoms with Crippen molar-refractivity contribution in [3.8, 4) is 0 Å². The lowest BCUT2D eigenvalue weighted by Crippen LogP contribution is -2.47. The Morgan fingerprint density at radius 2 is 1.77 bits per heavy atom. The van der Waals surface area contributed by atoms with E-state index in [2.05, 4.69) is 0 Å². The molecule has 0 N–H and O–H groups in total. The molecule has 2 atom stereocenters. The Hall–Kier alpha value is -3.19. The van der Waals surface area contributed by atoms with E-state index in [9.17, 15) is 9.59 Å². The Kier molecular flexibility index (Phi) is 5.19. The van der Waals surface area contributed by atoms with E-state index in [1.807, 2.05) is 71.0 Å². The molecule has 0 spiro atoms. The van der Waals surface area contributed by atoms with Crippen molar-refractivity contribution in [1.29, 1.82) is 0 Å². The zero-order valence-electron chi connectivity index (χ0n) is 17.6. The number of rotatable bonds is 4. The van der Waals surface area contributed by atoms with E-state index < -0.39 is 6.04 Å². The van der Waals surface area contributed by atoms with Gasteiger partial charge in [-0.2, -0.15) is 0 Å². The molecular weight excluding hydrogens is 392 g/mol. The number of para-hydroxylation sites is 2. The lowest BCUT2D eigenvalue weighted by atomic mass is 10.0. The first-order chi connectivity index (χ1) is 15.1. The van der Waals surface area contributed by atoms with Gasteiger partial charge in [-0.1, -0.05) is 42.5 Å². The van der Waals surface area contributed by atoms with Crippen LogP contribution in [0.2, 0.25) is 0 Å². The summed E-state index contributed by atoms with van der Waals surface area (Å²) >= 11 is 0. The fourth-order valence-electron chi connectivity index (χ4n) is 4.60. The first-order valence-corrected chi connectivity index (χ1v) is 10.8. The number of carbonyl (C=O) groups is 2. The number of hydrogen-bond acceptors (Lipinski definition) is 4. The van der Waals surface area contributed by atoms with E-state index in [1.165, 1.54) is 0 Å². The molecule has 3 aromatic rings. The highest BCUT2D eigenvalue weighted by atomic mass is 16.5. The average molecular weight is 418 g/mol. The molecule has 2 amide bonds. The molecule has 2 aliphatic rings. The zero-order valence-corrected chi connectivity index (χ0v) is 17.6. The van der Waals surface area contributed by atoms with Crippen LogP contribution in [0.3, 0.4) is 0 Å². The Bertz CT molecular complexity index is 1100. The molecular formula is C24H26N4O3. The van der Waals surface area contributed by atoms with Gasteiger partial charge in [0, 0.05) is 19.6 Å². The topological polar surface area (TPSA) is 67.7 Å². The molecule has 31 heavy (non-hydrogen) atoms. The number of nitrogens with zero attached hydrogens (tertiary/aromatic N) is 4. The highest BCUT2D eigenvalue weighted by Crippen LogP contribution is 2.37. The van der Waals surface area contributed by atoms with Crippen molar-refractivity contribution in [1.82, 2.24) is 19.4 Å². The minimum Gasteiger partial charge on any atom is -0.378 e. The maximum Gasteiger partial charge on any atom is 0.247 e. The third-order valence-corrected chi connectivity index (χ3v) is 6.27. The first-order valence-electron chi connectivity index (χ1n) is 10.8. The highest BCUT2D eigenvalue weighted by Gasteiger charge is 2.41. The standard InChI is InChI=1S/C24H26N4O3/c1-17-23-25-19-9-5-6-10-20(19)28(23)21(15-22(29)26-11-13-31-14-12-26)24(30)27(17)16-18-7-3-2-4-8-18/h2-10,17,21H,11-16H2,1H3/t17-,21+/m0/s1. The number of carbonyl (C=O) groups excluding carboxylic acids is 2. The maximum atomic E-state index is 13.7. The largest absolute Gasteiger partial charge is 0.378 e. The predicted octanol–water partition coefficient (Wildman–Crippen LogP) is 2.93. The number of morpholine rings is 1. The molecule has 7 heteroatoms. The Morgan fingerprint density at radius 3 is 2.55 bits per heavy atom. The van der Waals surface area contributed by atoms with Crippen LogP contribution in [0, 0.1) is 0 Å². The number of aromatic nitrogens is 2. The van der Waals surface area contributed by atoms with Crippen molar-refractivity contribution in [2.45, 2.75) is 32.0 Å². The molecule has 0 aliphatic carbocycles. The maximum absolute atomic E-state index is 13.7. The van der Waals surface area contributed by atoms with E-state index in [4.69, 9.17) is 9.72 Å². The van der Waals surface area contributed by atoms with E-state index in [-0.39, 0.29) is 24.3 Å². The van der Waals surface area contributed by atoms with Crippen LogP contribution in [0.4, 0.5) is 0 Å². The Balaban J connectivity index is 1.53. The minimum absolute atomic E-state index is 0.0143. The predicted molar refractivity (Wildman–Crippen MR) is 116 cm³/mol. The summed E-state index contributed by atoms with van der Waals surface area (Å²) in [5.41, 5.74) is 2.81. The van der Waals surface area contributed by atoms with Gasteiger partial charge in [0.2, 0.25) is 11.8 Å². The lowest BCUT2D eigenvalue weighted by Gasteiger charge is -2.39. The molecule has 3 heterocycles. The summed E-state index contributed by atoms with van der Waals surface area (Å²) in [4.78, 5) is 35.3. The van der Waals surface area contributed by atoms with Gasteiger partial charge in [0.1, 0.15) is 11.9 Å². The van der Waals surface area contributed by atoms with Crippen molar-refractivity contribution in [3.05, 3.63) is 66.0 Å². The molecule has 2 aromatic carbocycles. The van der Waals surface area contributed by atoms with Gasteiger partial charge < -0.3 is 19.1 Å². The molecule has 1 aromatic heterocycles. The Labute approximate surface area is 181 Å². The third kappa shape index (κ3) is 3.59. The minimum atomic E-state index is -0.599. The van der Waals surface area contributed by atoms with Crippen LogP contribution in [0.1, 0.15) is 36.8 Å². The molecule has 0 radical (unpaired) electrons. The van der Waals surface area contributed by atoms with Crippen LogP contribution in [0.5, 0.6) is 0 Å². The van der Waals surface area contributed by atoms with E-state index in [0.717, 1.165) is 22.4 Å². The molecule has 0 unspecified atom stereocenters. The van der Waals surface area contributed by atoms with Gasteiger partial charge in [-0.25, -0.2) is 4.98 Å². The van der Waals surface area contributed by atoms with Gasteiger partial charge in [0.15, 0.2) is 0 Å². The van der Waals surface area contributed by atoms with Crippen LogP contribution in [-0.4, -0.2) is 57.5 Å². The summed E-state index contributed by atoms with van der Waals surface area (Å²) in [6.45, 7) is 4.73. The van der Waals surface area contributed by atoms with Crippen LogP contribution in [0.15, 0.2) is 54.6 Å². The van der Waals surface area contributed by atoms with Crippen LogP contribution in [0.25, 0.3) is 11.0 Å². The summed E-state index contributed by atoms with van der Waals surface area (Å²) in [6.07, 6.45) is 0.129. The second-order valence-electron chi connectivity index (χ2n) is 8.17. The van der Waals surface area contributed by atoms with Gasteiger partial charge in [-0.3, -0.25) is 9.59 Å². The lowest BCUT2D eigenvalue weighted by molar-refractivity contribution is -0.146. The zero-order chi connectivity index (χ0) is 21.4. The number of imidazole rings is 1. The highest BCUT2D eigenvalue weighted by molar-refractivity contribution is 5.91. The van der Waals surface area contributed by atoms with Gasteiger partial charge >= 0.3 is 0 Å². The monoisotopic (exact) mass is 418 g/mol. The van der Waals surface area contributed by atoms with Crippen LogP contribution in [-0.2, 0) is 20.9 Å². The summed E-state index contributed by atoms with van der Waals surface area (Å²) < 4.78 is 7.36. The summed E-state index contributed by atoms with van der Waals surface area (Å²) in [6, 6.07) is 17.0. The fourth-order valence-corrected chi connectivity index (χ4v) is 4.60. The van der Waals surface area contributed by atoms with Gasteiger partial charge in [0.05, 0.1) is 36.7 Å². The third-order valence-electron chi connectivity index (χ3n) is 6.27. The van der Waals surface area contributed by atoms with Gasteiger partial charge in [-0.15, -0.1) is 0 Å². The van der Waals surface area contributed by atoms with Crippen molar-refractivity contribution in [2.24, 2.45) is 0 Å². The quantitative estimate of drug-likeness (QED) is 0.653. The number of benzene rings is 2.